The summed E-state index contributed by atoms with van der Waals surface area (Å²) in [5.74, 6) is -4.62. The fraction of sp³-hybridized carbons (Fsp3) is 0.778. The lowest BCUT2D eigenvalue weighted by molar-refractivity contribution is -0.154. The van der Waals surface area contributed by atoms with Gasteiger partial charge in [0.15, 0.2) is 5.92 Å². The minimum Gasteiger partial charge on any atom is -0.481 e. The number of hydrogen-bond acceptors (Lipinski definition) is 2. The highest BCUT2D eigenvalue weighted by Crippen LogP contribution is 2.11. The average Bonchev–Trinajstić information content (AvgIpc) is 2.10. The number of unbranched alkanes of at least 4 members (excludes halogenated alkanes) is 1. The SMILES string of the molecule is [2H]C([2H])(CCCC)CC(C(=O)O)C(=O)O. The number of carbonyl (C=O) groups is 2. The maximum Gasteiger partial charge on any atom is 0.317 e. The van der Waals surface area contributed by atoms with Crippen molar-refractivity contribution >= 4 is 11.9 Å². The molecule has 4 heteroatoms. The van der Waals surface area contributed by atoms with Crippen LogP contribution in [0.3, 0.4) is 0 Å². The van der Waals surface area contributed by atoms with Gasteiger partial charge >= 0.3 is 11.9 Å². The zero-order valence-corrected chi connectivity index (χ0v) is 7.62. The third kappa shape index (κ3) is 5.22. The van der Waals surface area contributed by atoms with Crippen molar-refractivity contribution < 1.29 is 22.5 Å². The maximum atomic E-state index is 10.5. The van der Waals surface area contributed by atoms with Crippen LogP contribution in [0.5, 0.6) is 0 Å². The molecule has 0 aliphatic heterocycles. The van der Waals surface area contributed by atoms with Gasteiger partial charge in [-0.05, 0) is 6.42 Å². The Labute approximate surface area is 80.4 Å². The van der Waals surface area contributed by atoms with Crippen molar-refractivity contribution in [3.05, 3.63) is 0 Å². The molecular formula is C9H16O4. The summed E-state index contributed by atoms with van der Waals surface area (Å²) in [6.07, 6.45) is -0.584. The molecule has 0 amide bonds. The first-order valence-electron chi connectivity index (χ1n) is 5.26. The Morgan fingerprint density at radius 3 is 2.23 bits per heavy atom. The Morgan fingerprint density at radius 1 is 1.31 bits per heavy atom. The smallest absolute Gasteiger partial charge is 0.317 e. The van der Waals surface area contributed by atoms with E-state index in [2.05, 4.69) is 0 Å². The Bertz CT molecular complexity index is 226. The highest BCUT2D eigenvalue weighted by Gasteiger charge is 2.24. The summed E-state index contributed by atoms with van der Waals surface area (Å²) in [6.45, 7) is 1.89. The topological polar surface area (TPSA) is 74.6 Å². The van der Waals surface area contributed by atoms with Crippen molar-refractivity contribution in [2.75, 3.05) is 0 Å². The van der Waals surface area contributed by atoms with Crippen molar-refractivity contribution in [2.45, 2.75) is 39.0 Å². The third-order valence-electron chi connectivity index (χ3n) is 1.65. The zero-order valence-electron chi connectivity index (χ0n) is 9.62. The van der Waals surface area contributed by atoms with E-state index in [0.29, 0.717) is 6.42 Å². The van der Waals surface area contributed by atoms with Crippen LogP contribution in [0.15, 0.2) is 0 Å². The molecule has 0 saturated carbocycles. The molecule has 4 nitrogen and oxygen atoms in total. The number of rotatable bonds is 7. The molecule has 0 aromatic carbocycles. The summed E-state index contributed by atoms with van der Waals surface area (Å²) in [4.78, 5) is 21.1. The highest BCUT2D eigenvalue weighted by atomic mass is 16.4. The first-order chi connectivity index (χ1) is 6.80. The molecule has 0 spiro atoms. The molecule has 0 heterocycles. The van der Waals surface area contributed by atoms with Gasteiger partial charge in [-0.25, -0.2) is 0 Å². The number of hydrogen-bond donors (Lipinski definition) is 2. The van der Waals surface area contributed by atoms with Gasteiger partial charge in [-0.1, -0.05) is 32.6 Å². The summed E-state index contributed by atoms with van der Waals surface area (Å²) in [6, 6.07) is 0. The van der Waals surface area contributed by atoms with Gasteiger partial charge in [-0.2, -0.15) is 0 Å². The van der Waals surface area contributed by atoms with Crippen molar-refractivity contribution in [1.82, 2.24) is 0 Å². The molecule has 0 rings (SSSR count). The first-order valence-corrected chi connectivity index (χ1v) is 4.26. The molecule has 0 fully saturated rings. The number of carboxylic acids is 2. The lowest BCUT2D eigenvalue weighted by atomic mass is 10.0. The van der Waals surface area contributed by atoms with Gasteiger partial charge in [-0.15, -0.1) is 0 Å². The second kappa shape index (κ2) is 6.46. The Morgan fingerprint density at radius 2 is 1.85 bits per heavy atom. The standard InChI is InChI=1S/C9H16O4/c1-2-3-4-5-6-7(8(10)11)9(12)13/h7H,2-6H2,1H3,(H,10,11)(H,12,13)/i5D2. The lowest BCUT2D eigenvalue weighted by Gasteiger charge is -2.05. The van der Waals surface area contributed by atoms with E-state index < -0.39 is 30.7 Å². The second-order valence-electron chi connectivity index (χ2n) is 2.79. The Kier molecular flexibility index (Phi) is 4.24. The molecule has 76 valence electrons. The van der Waals surface area contributed by atoms with E-state index >= 15 is 0 Å². The van der Waals surface area contributed by atoms with Crippen LogP contribution in [0.4, 0.5) is 0 Å². The van der Waals surface area contributed by atoms with Crippen molar-refractivity contribution in [3.63, 3.8) is 0 Å². The summed E-state index contributed by atoms with van der Waals surface area (Å²) >= 11 is 0. The van der Waals surface area contributed by atoms with E-state index in [1.165, 1.54) is 0 Å². The zero-order chi connectivity index (χ0) is 12.1. The van der Waals surface area contributed by atoms with Crippen molar-refractivity contribution in [1.29, 1.82) is 0 Å². The van der Waals surface area contributed by atoms with Crippen LogP contribution in [0, 0.1) is 5.92 Å². The monoisotopic (exact) mass is 190 g/mol. The normalized spacial score (nSPS) is 13.7. The van der Waals surface area contributed by atoms with E-state index in [0.717, 1.165) is 6.42 Å². The largest absolute Gasteiger partial charge is 0.481 e. The van der Waals surface area contributed by atoms with E-state index in [-0.39, 0.29) is 6.42 Å². The van der Waals surface area contributed by atoms with E-state index in [1.807, 2.05) is 6.92 Å². The van der Waals surface area contributed by atoms with Crippen LogP contribution in [-0.2, 0) is 9.59 Å². The van der Waals surface area contributed by atoms with Crippen LogP contribution in [0.1, 0.15) is 41.7 Å². The van der Waals surface area contributed by atoms with Gasteiger partial charge in [-0.3, -0.25) is 9.59 Å². The molecule has 0 bridgehead atoms. The summed E-state index contributed by atoms with van der Waals surface area (Å²) in [5.41, 5.74) is 0. The molecule has 0 aromatic rings. The van der Waals surface area contributed by atoms with Crippen LogP contribution >= 0.6 is 0 Å². The quantitative estimate of drug-likeness (QED) is 0.599. The molecule has 0 atom stereocenters. The molecule has 0 aromatic heterocycles. The van der Waals surface area contributed by atoms with Crippen LogP contribution in [0.25, 0.3) is 0 Å². The van der Waals surface area contributed by atoms with Gasteiger partial charge in [0.2, 0.25) is 0 Å². The summed E-state index contributed by atoms with van der Waals surface area (Å²) in [7, 11) is 0. The molecule has 0 radical (unpaired) electrons. The number of aliphatic carboxylic acids is 2. The maximum absolute atomic E-state index is 10.5. The molecule has 0 saturated heterocycles. The Hall–Kier alpha value is -1.06. The molecular weight excluding hydrogens is 172 g/mol. The molecule has 0 aliphatic rings. The van der Waals surface area contributed by atoms with Gasteiger partial charge in [0.05, 0.1) is 0 Å². The fourth-order valence-corrected chi connectivity index (χ4v) is 0.828. The van der Waals surface area contributed by atoms with E-state index in [1.54, 1.807) is 0 Å². The minimum atomic E-state index is -1.72. The fourth-order valence-electron chi connectivity index (χ4n) is 0.828. The van der Waals surface area contributed by atoms with Gasteiger partial charge in [0.1, 0.15) is 0 Å². The molecule has 13 heavy (non-hydrogen) atoms. The van der Waals surface area contributed by atoms with Gasteiger partial charge < -0.3 is 10.2 Å². The Balaban J connectivity index is 4.38. The van der Waals surface area contributed by atoms with E-state index in [4.69, 9.17) is 13.0 Å². The molecule has 0 aliphatic carbocycles. The summed E-state index contributed by atoms with van der Waals surface area (Å²) in [5, 5.41) is 17.2. The van der Waals surface area contributed by atoms with E-state index in [9.17, 15) is 9.59 Å². The second-order valence-corrected chi connectivity index (χ2v) is 2.79. The van der Waals surface area contributed by atoms with Gasteiger partial charge in [0, 0.05) is 2.74 Å². The molecule has 0 unspecified atom stereocenters. The van der Waals surface area contributed by atoms with Crippen LogP contribution in [0.2, 0.25) is 0 Å². The molecule has 2 N–H and O–H groups in total. The lowest BCUT2D eigenvalue weighted by Crippen LogP contribution is -2.23. The summed E-state index contributed by atoms with van der Waals surface area (Å²) < 4.78 is 15.0. The number of carboxylic acid groups (broad SMARTS) is 2. The van der Waals surface area contributed by atoms with Crippen LogP contribution < -0.4 is 0 Å². The highest BCUT2D eigenvalue weighted by molar-refractivity contribution is 5.92. The first kappa shape index (κ1) is 8.53. The van der Waals surface area contributed by atoms with Crippen LogP contribution in [-0.4, -0.2) is 22.2 Å². The predicted molar refractivity (Wildman–Crippen MR) is 47.5 cm³/mol. The minimum absolute atomic E-state index is 0.195. The average molecular weight is 190 g/mol. The van der Waals surface area contributed by atoms with Gasteiger partial charge in [0.25, 0.3) is 0 Å². The predicted octanol–water partition coefficient (Wildman–Crippen LogP) is 1.74. The van der Waals surface area contributed by atoms with Crippen molar-refractivity contribution in [2.24, 2.45) is 5.92 Å². The van der Waals surface area contributed by atoms with Crippen molar-refractivity contribution in [3.8, 4) is 0 Å². The third-order valence-corrected chi connectivity index (χ3v) is 1.65.